The predicted molar refractivity (Wildman–Crippen MR) is 98.8 cm³/mol. The monoisotopic (exact) mass is 367 g/mol. The molecule has 1 aliphatic heterocycles. The van der Waals surface area contributed by atoms with E-state index in [0.717, 1.165) is 18.5 Å². The maximum Gasteiger partial charge on any atom is 0.258 e. The van der Waals surface area contributed by atoms with Crippen molar-refractivity contribution >= 4 is 17.0 Å². The van der Waals surface area contributed by atoms with Gasteiger partial charge in [0.2, 0.25) is 0 Å². The Hall–Kier alpha value is -3.03. The summed E-state index contributed by atoms with van der Waals surface area (Å²) < 4.78 is 5.24. The molecule has 140 valence electrons. The number of amides is 1. The number of aromatic nitrogens is 4. The highest BCUT2D eigenvalue weighted by atomic mass is 16.5. The minimum atomic E-state index is -0.160. The summed E-state index contributed by atoms with van der Waals surface area (Å²) in [5.41, 5.74) is 2.89. The Kier molecular flexibility index (Phi) is 4.25. The molecule has 1 aliphatic rings. The van der Waals surface area contributed by atoms with Gasteiger partial charge in [0.1, 0.15) is 5.82 Å². The highest BCUT2D eigenvalue weighted by Gasteiger charge is 2.29. The third-order valence-corrected chi connectivity index (χ3v) is 4.98. The number of aryl methyl sites for hydroxylation is 3. The first-order chi connectivity index (χ1) is 12.9. The van der Waals surface area contributed by atoms with Crippen molar-refractivity contribution in [1.29, 1.82) is 0 Å². The van der Waals surface area contributed by atoms with E-state index in [4.69, 9.17) is 4.52 Å². The number of nitrogens with zero attached hydrogens (tertiary/aromatic N) is 4. The molecular weight excluding hydrogens is 346 g/mol. The molecule has 0 saturated carbocycles. The lowest BCUT2D eigenvalue weighted by molar-refractivity contribution is 0.0707. The maximum atomic E-state index is 13.3. The second-order valence-corrected chi connectivity index (χ2v) is 7.11. The number of likely N-dealkylation sites (tertiary alicyclic amines) is 1. The van der Waals surface area contributed by atoms with Crippen molar-refractivity contribution in [3.63, 3.8) is 0 Å². The molecule has 4 rings (SSSR count). The van der Waals surface area contributed by atoms with Crippen LogP contribution < -0.4 is 5.56 Å². The quantitative estimate of drug-likeness (QED) is 0.745. The number of piperidine rings is 1. The first kappa shape index (κ1) is 17.4. The first-order valence-electron chi connectivity index (χ1n) is 9.03. The molecule has 0 radical (unpaired) electrons. The van der Waals surface area contributed by atoms with Crippen LogP contribution in [0.4, 0.5) is 0 Å². The third-order valence-electron chi connectivity index (χ3n) is 4.98. The van der Waals surface area contributed by atoms with Crippen molar-refractivity contribution in [3.05, 3.63) is 51.0 Å². The molecule has 3 aromatic heterocycles. The SMILES string of the molecule is Cc1cc(C(=O)N2CCC[C@H](c3cc(=O)[nH]c(C)n3)C2)c2c(C)noc2n1. The Bertz CT molecular complexity index is 1080. The molecule has 0 aromatic carbocycles. The Morgan fingerprint density at radius 2 is 2.07 bits per heavy atom. The number of hydrogen-bond donors (Lipinski definition) is 1. The van der Waals surface area contributed by atoms with Crippen LogP contribution in [0.3, 0.4) is 0 Å². The highest BCUT2D eigenvalue weighted by molar-refractivity contribution is 6.06. The van der Waals surface area contributed by atoms with Crippen LogP contribution in [0.15, 0.2) is 21.5 Å². The Labute approximate surface area is 155 Å². The maximum absolute atomic E-state index is 13.3. The number of carbonyl (C=O) groups excluding carboxylic acids is 1. The fraction of sp³-hybridized carbons (Fsp3) is 0.421. The minimum Gasteiger partial charge on any atom is -0.338 e. The van der Waals surface area contributed by atoms with E-state index >= 15 is 0 Å². The molecule has 0 unspecified atom stereocenters. The van der Waals surface area contributed by atoms with E-state index in [1.54, 1.807) is 13.0 Å². The fourth-order valence-electron chi connectivity index (χ4n) is 3.77. The van der Waals surface area contributed by atoms with Gasteiger partial charge in [-0.2, -0.15) is 0 Å². The van der Waals surface area contributed by atoms with Gasteiger partial charge in [-0.25, -0.2) is 9.97 Å². The van der Waals surface area contributed by atoms with Crippen LogP contribution in [0.25, 0.3) is 11.1 Å². The zero-order chi connectivity index (χ0) is 19.1. The average Bonchev–Trinajstić information content (AvgIpc) is 3.00. The van der Waals surface area contributed by atoms with E-state index in [9.17, 15) is 9.59 Å². The number of fused-ring (bicyclic) bond motifs is 1. The van der Waals surface area contributed by atoms with Crippen molar-refractivity contribution in [2.24, 2.45) is 0 Å². The average molecular weight is 367 g/mol. The zero-order valence-corrected chi connectivity index (χ0v) is 15.6. The number of carbonyl (C=O) groups is 1. The number of H-pyrrole nitrogens is 1. The molecule has 1 fully saturated rings. The smallest absolute Gasteiger partial charge is 0.258 e. The van der Waals surface area contributed by atoms with E-state index in [1.165, 1.54) is 6.07 Å². The number of aromatic amines is 1. The second kappa shape index (κ2) is 6.61. The van der Waals surface area contributed by atoms with Crippen molar-refractivity contribution in [2.45, 2.75) is 39.5 Å². The zero-order valence-electron chi connectivity index (χ0n) is 15.6. The Balaban J connectivity index is 1.66. The number of hydrogen-bond acceptors (Lipinski definition) is 6. The van der Waals surface area contributed by atoms with Crippen molar-refractivity contribution in [1.82, 2.24) is 25.0 Å². The van der Waals surface area contributed by atoms with Crippen molar-refractivity contribution in [2.75, 3.05) is 13.1 Å². The molecule has 1 atom stereocenters. The van der Waals surface area contributed by atoms with Crippen LogP contribution in [-0.2, 0) is 0 Å². The summed E-state index contributed by atoms with van der Waals surface area (Å²) in [6.45, 7) is 6.60. The summed E-state index contributed by atoms with van der Waals surface area (Å²) in [5, 5.41) is 4.62. The lowest BCUT2D eigenvalue weighted by Gasteiger charge is -2.32. The van der Waals surface area contributed by atoms with Gasteiger partial charge in [0.25, 0.3) is 17.2 Å². The molecule has 0 spiro atoms. The van der Waals surface area contributed by atoms with Gasteiger partial charge in [-0.15, -0.1) is 0 Å². The minimum absolute atomic E-state index is 0.0469. The standard InChI is InChI=1S/C19H21N5O3/c1-10-7-14(17-11(2)23-27-18(17)20-10)19(26)24-6-4-5-13(9-24)15-8-16(25)22-12(3)21-15/h7-8,13H,4-6,9H2,1-3H3,(H,21,22,25)/t13-/m0/s1. The molecule has 0 aliphatic carbocycles. The van der Waals surface area contributed by atoms with Gasteiger partial charge in [-0.3, -0.25) is 9.59 Å². The lowest BCUT2D eigenvalue weighted by atomic mass is 9.93. The number of pyridine rings is 1. The van der Waals surface area contributed by atoms with E-state index in [-0.39, 0.29) is 17.4 Å². The van der Waals surface area contributed by atoms with Gasteiger partial charge >= 0.3 is 0 Å². The normalized spacial score (nSPS) is 17.4. The van der Waals surface area contributed by atoms with Crippen LogP contribution in [0.2, 0.25) is 0 Å². The molecule has 27 heavy (non-hydrogen) atoms. The lowest BCUT2D eigenvalue weighted by Crippen LogP contribution is -2.39. The molecule has 8 nitrogen and oxygen atoms in total. The van der Waals surface area contributed by atoms with E-state index in [0.29, 0.717) is 47.0 Å². The third kappa shape index (κ3) is 3.22. The summed E-state index contributed by atoms with van der Waals surface area (Å²) in [6.07, 6.45) is 1.76. The molecule has 3 aromatic rings. The van der Waals surface area contributed by atoms with Crippen LogP contribution in [-0.4, -0.2) is 44.0 Å². The van der Waals surface area contributed by atoms with Gasteiger partial charge in [0.05, 0.1) is 22.3 Å². The molecule has 4 heterocycles. The van der Waals surface area contributed by atoms with E-state index < -0.39 is 0 Å². The van der Waals surface area contributed by atoms with E-state index in [2.05, 4.69) is 20.1 Å². The van der Waals surface area contributed by atoms with Crippen molar-refractivity contribution < 1.29 is 9.32 Å². The summed E-state index contributed by atoms with van der Waals surface area (Å²) >= 11 is 0. The van der Waals surface area contributed by atoms with Gasteiger partial charge in [-0.05, 0) is 39.7 Å². The summed E-state index contributed by atoms with van der Waals surface area (Å²) in [5.74, 6) is 0.571. The Morgan fingerprint density at radius 3 is 2.85 bits per heavy atom. The predicted octanol–water partition coefficient (Wildman–Crippen LogP) is 2.25. The van der Waals surface area contributed by atoms with Gasteiger partial charge in [0.15, 0.2) is 0 Å². The van der Waals surface area contributed by atoms with Crippen LogP contribution in [0, 0.1) is 20.8 Å². The Morgan fingerprint density at radius 1 is 1.26 bits per heavy atom. The second-order valence-electron chi connectivity index (χ2n) is 7.11. The molecule has 1 amide bonds. The van der Waals surface area contributed by atoms with Crippen molar-refractivity contribution in [3.8, 4) is 0 Å². The first-order valence-corrected chi connectivity index (χ1v) is 9.03. The molecule has 1 N–H and O–H groups in total. The van der Waals surface area contributed by atoms with Gasteiger partial charge in [-0.1, -0.05) is 5.16 Å². The molecule has 8 heteroatoms. The molecule has 1 saturated heterocycles. The van der Waals surface area contributed by atoms with Crippen LogP contribution in [0.1, 0.15) is 52.0 Å². The topological polar surface area (TPSA) is 105 Å². The summed E-state index contributed by atoms with van der Waals surface area (Å²) in [6, 6.07) is 3.32. The van der Waals surface area contributed by atoms with Crippen LogP contribution in [0.5, 0.6) is 0 Å². The largest absolute Gasteiger partial charge is 0.338 e. The molecular formula is C19H21N5O3. The number of nitrogens with one attached hydrogen (secondary N) is 1. The highest BCUT2D eigenvalue weighted by Crippen LogP contribution is 2.28. The fourth-order valence-corrected chi connectivity index (χ4v) is 3.77. The number of rotatable bonds is 2. The summed E-state index contributed by atoms with van der Waals surface area (Å²) in [7, 11) is 0. The van der Waals surface area contributed by atoms with Crippen LogP contribution >= 0.6 is 0 Å². The van der Waals surface area contributed by atoms with E-state index in [1.807, 2.05) is 18.7 Å². The van der Waals surface area contributed by atoms with Gasteiger partial charge < -0.3 is 14.4 Å². The van der Waals surface area contributed by atoms with Gasteiger partial charge in [0, 0.05) is 30.8 Å². The summed E-state index contributed by atoms with van der Waals surface area (Å²) in [4.78, 5) is 38.3. The molecule has 0 bridgehead atoms.